The maximum absolute atomic E-state index is 14.1. The molecule has 2 fully saturated rings. The number of hydrogen-bond donors (Lipinski definition) is 6. The Morgan fingerprint density at radius 2 is 1.04 bits per heavy atom. The molecule has 0 bridgehead atoms. The third-order valence-corrected chi connectivity index (χ3v) is 11.3. The van der Waals surface area contributed by atoms with Crippen LogP contribution in [0.15, 0.2) is 60.7 Å². The Morgan fingerprint density at radius 3 is 1.44 bits per heavy atom. The third kappa shape index (κ3) is 11.9. The number of nitrogens with one attached hydrogen (secondary N) is 5. The molecule has 2 aliphatic heterocycles. The maximum atomic E-state index is 14.1. The van der Waals surface area contributed by atoms with Crippen LogP contribution in [0.3, 0.4) is 0 Å². The van der Waals surface area contributed by atoms with Crippen molar-refractivity contribution < 1.29 is 133 Å². The van der Waals surface area contributed by atoms with Crippen LogP contribution < -0.4 is 136 Å². The molecule has 0 spiro atoms. The first kappa shape index (κ1) is 48.9. The van der Waals surface area contributed by atoms with Crippen LogP contribution in [0.25, 0.3) is 0 Å². The van der Waals surface area contributed by atoms with Crippen LogP contribution in [0.5, 0.6) is 0 Å². The Balaban J connectivity index is 0.00000451. The molecule has 3 amide bonds. The standard InChI is InChI=1S/C32H40N6O9S2.3Na/c1-31(2)21(29(44)45)37-26(48-31)19(35-23(39)17(33)15-11-7-5-8-12-15)25(41)34-18(16-13-9-6-10-14-16)24(40)36-20(28(42)43)27-38-22(30(46)47)32(3,4)49-27;;;/h5-14,17-22,26-27,37-38H,33H2,1-4H3,(H,34,41)(H,35,39)(H,36,40)(H,42,43)(H,44,45)(H,46,47);;;/q;3*+1/p-3/t17?,18-,19?,20+,21+,22+,26-,27-;;;/m1.../s1. The van der Waals surface area contributed by atoms with Crippen molar-refractivity contribution in [2.24, 2.45) is 5.73 Å². The minimum atomic E-state index is -1.75. The van der Waals surface area contributed by atoms with E-state index in [1.165, 1.54) is 12.1 Å². The average molecular weight is 783 g/mol. The van der Waals surface area contributed by atoms with E-state index in [9.17, 15) is 44.1 Å². The van der Waals surface area contributed by atoms with Crippen molar-refractivity contribution >= 4 is 59.2 Å². The summed E-state index contributed by atoms with van der Waals surface area (Å²) in [6.45, 7) is 6.40. The van der Waals surface area contributed by atoms with Crippen LogP contribution in [0.1, 0.15) is 50.9 Å². The second-order valence-corrected chi connectivity index (χ2v) is 16.2. The van der Waals surface area contributed by atoms with Crippen molar-refractivity contribution in [2.45, 2.75) is 84.2 Å². The number of thioether (sulfide) groups is 2. The molecule has 2 unspecified atom stereocenters. The fourth-order valence-corrected chi connectivity index (χ4v) is 8.59. The van der Waals surface area contributed by atoms with Gasteiger partial charge in [0.1, 0.15) is 18.1 Å². The fraction of sp³-hybridized carbons (Fsp3) is 0.438. The van der Waals surface area contributed by atoms with Crippen LogP contribution in [0.2, 0.25) is 0 Å². The molecule has 20 heteroatoms. The van der Waals surface area contributed by atoms with E-state index in [0.29, 0.717) is 5.56 Å². The molecule has 52 heavy (non-hydrogen) atoms. The number of carbonyl (C=O) groups is 6. The second kappa shape index (κ2) is 20.7. The molecular weight excluding hydrogens is 745 g/mol. The molecule has 8 atom stereocenters. The zero-order chi connectivity index (χ0) is 36.3. The summed E-state index contributed by atoms with van der Waals surface area (Å²) in [5.41, 5.74) is 6.87. The summed E-state index contributed by atoms with van der Waals surface area (Å²) in [4.78, 5) is 77.2. The van der Waals surface area contributed by atoms with Gasteiger partial charge in [-0.25, -0.2) is 0 Å². The van der Waals surface area contributed by atoms with Crippen molar-refractivity contribution in [1.82, 2.24) is 26.6 Å². The number of rotatable bonds is 13. The predicted octanol–water partition coefficient (Wildman–Crippen LogP) is -12.6. The summed E-state index contributed by atoms with van der Waals surface area (Å²) in [5.74, 6) is -7.28. The van der Waals surface area contributed by atoms with Gasteiger partial charge in [0, 0.05) is 9.49 Å². The van der Waals surface area contributed by atoms with E-state index in [4.69, 9.17) is 5.73 Å². The second-order valence-electron chi connectivity index (χ2n) is 12.7. The van der Waals surface area contributed by atoms with Crippen molar-refractivity contribution in [2.75, 3.05) is 0 Å². The van der Waals surface area contributed by atoms with Gasteiger partial charge >= 0.3 is 88.7 Å². The van der Waals surface area contributed by atoms with Crippen LogP contribution in [-0.2, 0) is 28.8 Å². The Labute approximate surface area is 376 Å². The van der Waals surface area contributed by atoms with Gasteiger partial charge in [0.25, 0.3) is 0 Å². The number of amides is 3. The number of carboxylic acid groups (broad SMARTS) is 3. The van der Waals surface area contributed by atoms with Gasteiger partial charge in [-0.3, -0.25) is 25.0 Å². The minimum Gasteiger partial charge on any atom is -0.548 e. The van der Waals surface area contributed by atoms with Crippen molar-refractivity contribution in [3.63, 3.8) is 0 Å². The van der Waals surface area contributed by atoms with Gasteiger partial charge in [0.15, 0.2) is 0 Å². The topological polar surface area (TPSA) is 258 Å². The molecular formula is C32H37N6Na3O9S2. The Hall–Kier alpha value is -1.16. The summed E-state index contributed by atoms with van der Waals surface area (Å²) in [6.07, 6.45) is 0. The molecule has 2 saturated heterocycles. The predicted molar refractivity (Wildman–Crippen MR) is 174 cm³/mol. The summed E-state index contributed by atoms with van der Waals surface area (Å²) in [7, 11) is 0. The van der Waals surface area contributed by atoms with Crippen molar-refractivity contribution in [1.29, 1.82) is 0 Å². The van der Waals surface area contributed by atoms with E-state index in [1.807, 2.05) is 0 Å². The number of aliphatic carboxylic acids is 3. The number of carboxylic acids is 3. The van der Waals surface area contributed by atoms with Crippen LogP contribution >= 0.6 is 23.5 Å². The van der Waals surface area contributed by atoms with Gasteiger partial charge in [-0.2, -0.15) is 0 Å². The molecule has 0 aliphatic carbocycles. The Morgan fingerprint density at radius 1 is 0.635 bits per heavy atom. The molecule has 2 heterocycles. The van der Waals surface area contributed by atoms with E-state index in [0.717, 1.165) is 23.5 Å². The van der Waals surface area contributed by atoms with E-state index in [-0.39, 0.29) is 94.2 Å². The van der Waals surface area contributed by atoms with Crippen LogP contribution in [0.4, 0.5) is 0 Å². The minimum absolute atomic E-state index is 0. The van der Waals surface area contributed by atoms with E-state index in [1.54, 1.807) is 76.2 Å². The van der Waals surface area contributed by atoms with Gasteiger partial charge in [0.05, 0.1) is 46.8 Å². The zero-order valence-electron chi connectivity index (χ0n) is 30.0. The molecule has 264 valence electrons. The third-order valence-electron chi connectivity index (χ3n) is 8.25. The average Bonchev–Trinajstić information content (AvgIpc) is 3.55. The number of nitrogens with two attached hydrogens (primary N) is 1. The first-order chi connectivity index (χ1) is 22.9. The first-order valence-electron chi connectivity index (χ1n) is 15.2. The molecule has 0 aromatic heterocycles. The van der Waals surface area contributed by atoms with E-state index >= 15 is 0 Å². The van der Waals surface area contributed by atoms with E-state index < -0.39 is 92.1 Å². The van der Waals surface area contributed by atoms with Gasteiger partial charge in [-0.1, -0.05) is 60.7 Å². The summed E-state index contributed by atoms with van der Waals surface area (Å²) in [6, 6.07) is 7.69. The zero-order valence-corrected chi connectivity index (χ0v) is 37.6. The molecule has 0 radical (unpaired) electrons. The van der Waals surface area contributed by atoms with Crippen LogP contribution in [-0.4, -0.2) is 80.0 Å². The molecule has 2 aliphatic rings. The van der Waals surface area contributed by atoms with Gasteiger partial charge in [-0.15, -0.1) is 23.5 Å². The van der Waals surface area contributed by atoms with E-state index in [2.05, 4.69) is 26.6 Å². The summed E-state index contributed by atoms with van der Waals surface area (Å²) in [5, 5.41) is 46.7. The molecule has 2 aromatic rings. The van der Waals surface area contributed by atoms with Gasteiger partial charge in [0.2, 0.25) is 17.7 Å². The maximum Gasteiger partial charge on any atom is 1.00 e. The smallest absolute Gasteiger partial charge is 0.548 e. The summed E-state index contributed by atoms with van der Waals surface area (Å²) < 4.78 is -2.00. The molecule has 4 rings (SSSR count). The van der Waals surface area contributed by atoms with Gasteiger partial charge < -0.3 is 51.4 Å². The first-order valence-corrected chi connectivity index (χ1v) is 17.0. The normalized spacial score (nSPS) is 23.4. The summed E-state index contributed by atoms with van der Waals surface area (Å²) >= 11 is 2.01. The number of hydrogen-bond acceptors (Lipinski definition) is 14. The Kier molecular flexibility index (Phi) is 19.4. The number of carbonyl (C=O) groups excluding carboxylic acids is 6. The quantitative estimate of drug-likeness (QED) is 0.103. The molecule has 7 N–H and O–H groups in total. The number of benzene rings is 2. The largest absolute Gasteiger partial charge is 1.00 e. The monoisotopic (exact) mass is 782 g/mol. The molecule has 0 saturated carbocycles. The van der Waals surface area contributed by atoms with Crippen LogP contribution in [0, 0.1) is 0 Å². The fourth-order valence-electron chi connectivity index (χ4n) is 5.63. The molecule has 15 nitrogen and oxygen atoms in total. The SMILES string of the molecule is CC1(C)S[C@H](C(NC(=O)C(N)c2ccccc2)C(=O)N[C@@H](C(=O)N[C@H](C(=O)[O-])[C@@H]2N[C@@H](C(=O)[O-])C(C)(C)S2)c2ccccc2)N[C@H]1C(=O)[O-].[Na+].[Na+].[Na+]. The van der Waals surface area contributed by atoms with Crippen molar-refractivity contribution in [3.05, 3.63) is 71.8 Å². The molecule has 2 aromatic carbocycles. The van der Waals surface area contributed by atoms with Crippen molar-refractivity contribution in [3.8, 4) is 0 Å². The Bertz CT molecular complexity index is 1600. The van der Waals surface area contributed by atoms with Gasteiger partial charge in [-0.05, 0) is 38.8 Å².